The van der Waals surface area contributed by atoms with Gasteiger partial charge in [0.25, 0.3) is 0 Å². The number of hydrogen-bond acceptors (Lipinski definition) is 7. The maximum atomic E-state index is 13.6. The molecule has 1 saturated carbocycles. The van der Waals surface area contributed by atoms with Crippen molar-refractivity contribution >= 4 is 28.4 Å². The minimum absolute atomic E-state index is 0.0821. The average molecular weight is 564 g/mol. The Kier molecular flexibility index (Phi) is 8.00. The maximum Gasteiger partial charge on any atom is 0.247 e. The van der Waals surface area contributed by atoms with Crippen LogP contribution in [0.5, 0.6) is 0 Å². The predicted molar refractivity (Wildman–Crippen MR) is 160 cm³/mol. The van der Waals surface area contributed by atoms with Gasteiger partial charge in [0.15, 0.2) is 0 Å². The van der Waals surface area contributed by atoms with E-state index in [9.17, 15) is 9.59 Å². The van der Waals surface area contributed by atoms with Crippen molar-refractivity contribution in [2.45, 2.75) is 38.1 Å². The van der Waals surface area contributed by atoms with Gasteiger partial charge in [-0.25, -0.2) is 0 Å². The Morgan fingerprint density at radius 1 is 0.952 bits per heavy atom. The van der Waals surface area contributed by atoms with Crippen LogP contribution in [-0.4, -0.2) is 55.2 Å². The highest BCUT2D eigenvalue weighted by Crippen LogP contribution is 2.29. The fourth-order valence-corrected chi connectivity index (χ4v) is 5.65. The van der Waals surface area contributed by atoms with E-state index in [1.165, 1.54) is 0 Å². The molecule has 5 aromatic rings. The summed E-state index contributed by atoms with van der Waals surface area (Å²) < 4.78 is 0. The molecule has 1 aliphatic carbocycles. The average Bonchev–Trinajstić information content (AvgIpc) is 3.74. The molecule has 1 aliphatic rings. The zero-order valence-electron chi connectivity index (χ0n) is 23.1. The summed E-state index contributed by atoms with van der Waals surface area (Å²) in [6.45, 7) is 0.649. The molecule has 1 atom stereocenters. The number of nitrogens with two attached hydrogens (primary N) is 1. The van der Waals surface area contributed by atoms with Gasteiger partial charge in [-0.2, -0.15) is 10.3 Å². The van der Waals surface area contributed by atoms with E-state index in [-0.39, 0.29) is 17.7 Å². The molecule has 6 N–H and O–H groups in total. The van der Waals surface area contributed by atoms with Gasteiger partial charge in [-0.1, -0.05) is 36.4 Å². The number of nitrogens with zero attached hydrogens (tertiary/aromatic N) is 4. The summed E-state index contributed by atoms with van der Waals surface area (Å²) in [7, 11) is 0. The Morgan fingerprint density at radius 3 is 2.43 bits per heavy atom. The first-order valence-electron chi connectivity index (χ1n) is 14.2. The molecule has 11 heteroatoms. The lowest BCUT2D eigenvalue weighted by Crippen LogP contribution is -2.48. The van der Waals surface area contributed by atoms with E-state index < -0.39 is 6.04 Å². The van der Waals surface area contributed by atoms with Crippen molar-refractivity contribution in [1.82, 2.24) is 36.1 Å². The molecular weight excluding hydrogens is 530 g/mol. The normalized spacial score (nSPS) is 17.5. The molecular formula is C31H33N9O2. The summed E-state index contributed by atoms with van der Waals surface area (Å²) in [6, 6.07) is 20.6. The molecule has 2 heterocycles. The number of hydrogen-bond donors (Lipinski definition) is 5. The van der Waals surface area contributed by atoms with Crippen molar-refractivity contribution in [3.05, 3.63) is 78.5 Å². The van der Waals surface area contributed by atoms with Gasteiger partial charge in [0, 0.05) is 29.0 Å². The molecule has 2 aromatic heterocycles. The minimum Gasteiger partial charge on any atom is -0.344 e. The molecule has 2 amide bonds. The summed E-state index contributed by atoms with van der Waals surface area (Å²) >= 11 is 0. The van der Waals surface area contributed by atoms with E-state index in [2.05, 4.69) is 47.5 Å². The number of nitrogens with one attached hydrogen (secondary N) is 4. The third-order valence-electron chi connectivity index (χ3n) is 8.13. The van der Waals surface area contributed by atoms with Crippen molar-refractivity contribution in [1.29, 1.82) is 0 Å². The summed E-state index contributed by atoms with van der Waals surface area (Å²) in [5, 5.41) is 28.2. The smallest absolute Gasteiger partial charge is 0.247 e. The highest BCUT2D eigenvalue weighted by molar-refractivity contribution is 5.98. The van der Waals surface area contributed by atoms with Gasteiger partial charge in [-0.15, -0.1) is 10.2 Å². The highest BCUT2D eigenvalue weighted by atomic mass is 16.2. The van der Waals surface area contributed by atoms with Gasteiger partial charge in [0.2, 0.25) is 17.6 Å². The molecule has 11 nitrogen and oxygen atoms in total. The predicted octanol–water partition coefficient (Wildman–Crippen LogP) is 3.84. The number of aromatic nitrogens is 6. The van der Waals surface area contributed by atoms with E-state index in [4.69, 9.17) is 5.73 Å². The van der Waals surface area contributed by atoms with Crippen molar-refractivity contribution in [3.8, 4) is 22.5 Å². The number of rotatable bonds is 9. The fraction of sp³-hybridized carbons (Fsp3) is 0.290. The second-order valence-electron chi connectivity index (χ2n) is 10.9. The van der Waals surface area contributed by atoms with Crippen LogP contribution in [0, 0.1) is 11.8 Å². The Bertz CT molecular complexity index is 1640. The largest absolute Gasteiger partial charge is 0.344 e. The molecule has 214 valence electrons. The van der Waals surface area contributed by atoms with Gasteiger partial charge in [0.1, 0.15) is 6.04 Å². The first kappa shape index (κ1) is 27.3. The molecule has 0 bridgehead atoms. The van der Waals surface area contributed by atoms with Crippen LogP contribution in [0.15, 0.2) is 72.9 Å². The standard InChI is InChI=1S/C31H33N9O2/c32-17-20-6-10-23(11-7-20)30(41)35-28(31(42)34-24-14-12-22(13-15-24)29-37-39-40-38-29)16-19-4-8-21(9-5-19)25-2-1-3-27-26(25)18-33-36-27/h1-5,8-9,12-15,18,20,23,28H,6-7,10-11,16-17,32H2,(H,33,36)(H,34,42)(H,35,41)(H,37,38,39,40). The Balaban J connectivity index is 1.18. The SMILES string of the molecule is NCC1CCC(C(=O)NC(Cc2ccc(-c3cccc4[nH]ncc34)cc2)C(=O)Nc2ccc(-c3nn[nH]n3)cc2)CC1. The van der Waals surface area contributed by atoms with Gasteiger partial charge in [0.05, 0.1) is 11.7 Å². The van der Waals surface area contributed by atoms with E-state index in [1.807, 2.05) is 54.7 Å². The molecule has 0 spiro atoms. The molecule has 42 heavy (non-hydrogen) atoms. The lowest BCUT2D eigenvalue weighted by atomic mass is 9.81. The summed E-state index contributed by atoms with van der Waals surface area (Å²) in [4.78, 5) is 26.9. The third kappa shape index (κ3) is 6.06. The number of amides is 2. The quantitative estimate of drug-likeness (QED) is 0.182. The van der Waals surface area contributed by atoms with Gasteiger partial charge in [-0.3, -0.25) is 14.7 Å². The monoisotopic (exact) mass is 563 g/mol. The molecule has 1 unspecified atom stereocenters. The summed E-state index contributed by atoms with van der Waals surface area (Å²) in [5.41, 5.74) is 11.3. The van der Waals surface area contributed by atoms with Gasteiger partial charge in [-0.05, 0) is 90.4 Å². The molecule has 0 saturated heterocycles. The van der Waals surface area contributed by atoms with Crippen LogP contribution in [0.3, 0.4) is 0 Å². The first-order chi connectivity index (χ1) is 20.6. The van der Waals surface area contributed by atoms with Crippen molar-refractivity contribution in [2.24, 2.45) is 17.6 Å². The number of fused-ring (bicyclic) bond motifs is 1. The molecule has 3 aromatic carbocycles. The number of benzene rings is 3. The van der Waals surface area contributed by atoms with Crippen LogP contribution in [-0.2, 0) is 16.0 Å². The number of carbonyl (C=O) groups is 2. The Labute approximate surface area is 242 Å². The van der Waals surface area contributed by atoms with Crippen LogP contribution in [0.2, 0.25) is 0 Å². The lowest BCUT2D eigenvalue weighted by molar-refractivity contribution is -0.130. The van der Waals surface area contributed by atoms with Crippen molar-refractivity contribution in [2.75, 3.05) is 11.9 Å². The topological polar surface area (TPSA) is 167 Å². The number of H-pyrrole nitrogens is 2. The lowest BCUT2D eigenvalue weighted by Gasteiger charge is -2.28. The summed E-state index contributed by atoms with van der Waals surface area (Å²) in [6.07, 6.45) is 5.62. The molecule has 6 rings (SSSR count). The van der Waals surface area contributed by atoms with E-state index in [1.54, 1.807) is 12.1 Å². The van der Waals surface area contributed by atoms with Gasteiger partial charge < -0.3 is 16.4 Å². The number of tetrazole rings is 1. The zero-order valence-corrected chi connectivity index (χ0v) is 23.1. The molecule has 0 aliphatic heterocycles. The van der Waals surface area contributed by atoms with E-state index in [0.29, 0.717) is 30.4 Å². The molecule has 1 fully saturated rings. The number of anilines is 1. The van der Waals surface area contributed by atoms with E-state index in [0.717, 1.165) is 58.8 Å². The number of carbonyl (C=O) groups excluding carboxylic acids is 2. The van der Waals surface area contributed by atoms with Crippen molar-refractivity contribution < 1.29 is 9.59 Å². The number of aromatic amines is 2. The first-order valence-corrected chi connectivity index (χ1v) is 14.2. The maximum absolute atomic E-state index is 13.6. The minimum atomic E-state index is -0.746. The van der Waals surface area contributed by atoms with Crippen LogP contribution in [0.1, 0.15) is 31.2 Å². The van der Waals surface area contributed by atoms with E-state index >= 15 is 0 Å². The zero-order chi connectivity index (χ0) is 28.9. The van der Waals surface area contributed by atoms with Crippen LogP contribution >= 0.6 is 0 Å². The van der Waals surface area contributed by atoms with Crippen LogP contribution in [0.4, 0.5) is 5.69 Å². The Hall–Kier alpha value is -4.90. The second kappa shape index (κ2) is 12.3. The summed E-state index contributed by atoms with van der Waals surface area (Å²) in [5.74, 6) is 0.458. The molecule has 0 radical (unpaired) electrons. The fourth-order valence-electron chi connectivity index (χ4n) is 5.65. The van der Waals surface area contributed by atoms with Gasteiger partial charge >= 0.3 is 0 Å². The highest BCUT2D eigenvalue weighted by Gasteiger charge is 2.29. The second-order valence-corrected chi connectivity index (χ2v) is 10.9. The van der Waals surface area contributed by atoms with Crippen molar-refractivity contribution in [3.63, 3.8) is 0 Å². The Morgan fingerprint density at radius 2 is 1.71 bits per heavy atom. The third-order valence-corrected chi connectivity index (χ3v) is 8.13. The van der Waals surface area contributed by atoms with Crippen LogP contribution in [0.25, 0.3) is 33.4 Å². The van der Waals surface area contributed by atoms with Crippen LogP contribution < -0.4 is 16.4 Å².